The normalized spacial score (nSPS) is 15.8. The van der Waals surface area contributed by atoms with Crippen LogP contribution in [0.3, 0.4) is 0 Å². The van der Waals surface area contributed by atoms with E-state index >= 15 is 0 Å². The van der Waals surface area contributed by atoms with Gasteiger partial charge in [0.05, 0.1) is 5.52 Å². The van der Waals surface area contributed by atoms with Gasteiger partial charge in [0, 0.05) is 18.1 Å². The summed E-state index contributed by atoms with van der Waals surface area (Å²) in [6.45, 7) is 0.566. The minimum atomic E-state index is 0.566. The van der Waals surface area contributed by atoms with E-state index in [1.807, 2.05) is 6.20 Å². The highest BCUT2D eigenvalue weighted by Crippen LogP contribution is 2.40. The van der Waals surface area contributed by atoms with Gasteiger partial charge in [0.1, 0.15) is 0 Å². The first-order valence-corrected chi connectivity index (χ1v) is 5.45. The summed E-state index contributed by atoms with van der Waals surface area (Å²) in [5.74, 6) is 0.802. The van der Waals surface area contributed by atoms with Gasteiger partial charge in [-0.25, -0.2) is 0 Å². The van der Waals surface area contributed by atoms with Crippen LogP contribution < -0.4 is 5.73 Å². The summed E-state index contributed by atoms with van der Waals surface area (Å²) in [4.78, 5) is 4.39. The molecule has 1 saturated carbocycles. The number of hydrogen-bond acceptors (Lipinski definition) is 2. The zero-order valence-corrected chi connectivity index (χ0v) is 8.61. The van der Waals surface area contributed by atoms with Crippen LogP contribution in [0.15, 0.2) is 30.5 Å². The van der Waals surface area contributed by atoms with Gasteiger partial charge in [-0.1, -0.05) is 6.07 Å². The lowest BCUT2D eigenvalue weighted by Gasteiger charge is -2.03. The fourth-order valence-corrected chi connectivity index (χ4v) is 1.98. The summed E-state index contributed by atoms with van der Waals surface area (Å²) in [7, 11) is 0. The standard InChI is InChI=1S/C13H14N2/c14-7-9-5-12-6-11(10-1-2-10)3-4-13(12)15-8-9/h3-6,8,10H,1-2,7,14H2. The molecule has 0 aliphatic heterocycles. The second kappa shape index (κ2) is 3.31. The van der Waals surface area contributed by atoms with Crippen molar-refractivity contribution in [2.24, 2.45) is 5.73 Å². The Hall–Kier alpha value is -1.41. The molecule has 2 aromatic rings. The van der Waals surface area contributed by atoms with Gasteiger partial charge >= 0.3 is 0 Å². The predicted molar refractivity (Wildman–Crippen MR) is 61.6 cm³/mol. The van der Waals surface area contributed by atoms with Crippen molar-refractivity contribution in [1.29, 1.82) is 0 Å². The van der Waals surface area contributed by atoms with Crippen molar-refractivity contribution < 1.29 is 0 Å². The van der Waals surface area contributed by atoms with Crippen LogP contribution in [0, 0.1) is 0 Å². The molecule has 0 spiro atoms. The van der Waals surface area contributed by atoms with Gasteiger partial charge in [-0.15, -0.1) is 0 Å². The molecule has 0 radical (unpaired) electrons. The third-order valence-corrected chi connectivity index (χ3v) is 3.05. The molecule has 15 heavy (non-hydrogen) atoms. The number of benzene rings is 1. The quantitative estimate of drug-likeness (QED) is 0.805. The van der Waals surface area contributed by atoms with E-state index in [2.05, 4.69) is 29.2 Å². The van der Waals surface area contributed by atoms with E-state index in [1.54, 1.807) is 0 Å². The van der Waals surface area contributed by atoms with Crippen molar-refractivity contribution in [3.63, 3.8) is 0 Å². The molecule has 1 aliphatic carbocycles. The zero-order chi connectivity index (χ0) is 10.3. The van der Waals surface area contributed by atoms with E-state index in [9.17, 15) is 0 Å². The molecular weight excluding hydrogens is 184 g/mol. The van der Waals surface area contributed by atoms with Crippen molar-refractivity contribution >= 4 is 10.9 Å². The Kier molecular flexibility index (Phi) is 1.96. The van der Waals surface area contributed by atoms with Gasteiger partial charge in [-0.2, -0.15) is 0 Å². The fraction of sp³-hybridized carbons (Fsp3) is 0.308. The van der Waals surface area contributed by atoms with E-state index in [0.717, 1.165) is 17.0 Å². The Balaban J connectivity index is 2.14. The zero-order valence-electron chi connectivity index (χ0n) is 8.61. The molecule has 2 N–H and O–H groups in total. The summed E-state index contributed by atoms with van der Waals surface area (Å²) >= 11 is 0. The average molecular weight is 198 g/mol. The lowest BCUT2D eigenvalue weighted by Crippen LogP contribution is -1.96. The molecule has 1 aliphatic rings. The third-order valence-electron chi connectivity index (χ3n) is 3.05. The van der Waals surface area contributed by atoms with E-state index in [-0.39, 0.29) is 0 Å². The molecule has 0 atom stereocenters. The molecule has 0 unspecified atom stereocenters. The Bertz CT molecular complexity index is 501. The third kappa shape index (κ3) is 1.61. The number of aromatic nitrogens is 1. The first-order valence-electron chi connectivity index (χ1n) is 5.45. The van der Waals surface area contributed by atoms with Crippen LogP contribution in [0.2, 0.25) is 0 Å². The van der Waals surface area contributed by atoms with Crippen molar-refractivity contribution in [2.45, 2.75) is 25.3 Å². The maximum atomic E-state index is 5.61. The Labute approximate surface area is 89.1 Å². The summed E-state index contributed by atoms with van der Waals surface area (Å²) in [5, 5.41) is 1.22. The summed E-state index contributed by atoms with van der Waals surface area (Å²) in [6, 6.07) is 8.73. The highest BCUT2D eigenvalue weighted by molar-refractivity contribution is 5.80. The minimum Gasteiger partial charge on any atom is -0.326 e. The van der Waals surface area contributed by atoms with Crippen LogP contribution >= 0.6 is 0 Å². The Morgan fingerprint density at radius 3 is 2.87 bits per heavy atom. The van der Waals surface area contributed by atoms with Crippen molar-refractivity contribution in [2.75, 3.05) is 0 Å². The summed E-state index contributed by atoms with van der Waals surface area (Å²) < 4.78 is 0. The molecule has 1 aromatic heterocycles. The molecule has 76 valence electrons. The topological polar surface area (TPSA) is 38.9 Å². The van der Waals surface area contributed by atoms with E-state index < -0.39 is 0 Å². The van der Waals surface area contributed by atoms with Crippen molar-refractivity contribution in [3.05, 3.63) is 41.6 Å². The molecule has 3 rings (SSSR count). The lowest BCUT2D eigenvalue weighted by atomic mass is 10.1. The SMILES string of the molecule is NCc1cnc2ccc(C3CC3)cc2c1. The molecule has 0 amide bonds. The van der Waals surface area contributed by atoms with Gasteiger partial charge in [-0.3, -0.25) is 4.98 Å². The molecule has 1 aromatic carbocycles. The van der Waals surface area contributed by atoms with Crippen LogP contribution in [0.25, 0.3) is 10.9 Å². The van der Waals surface area contributed by atoms with Crippen LogP contribution in [-0.2, 0) is 6.54 Å². The van der Waals surface area contributed by atoms with Gasteiger partial charge in [-0.05, 0) is 48.1 Å². The van der Waals surface area contributed by atoms with Crippen molar-refractivity contribution in [1.82, 2.24) is 4.98 Å². The number of fused-ring (bicyclic) bond motifs is 1. The first kappa shape index (κ1) is 8.86. The van der Waals surface area contributed by atoms with Crippen molar-refractivity contribution in [3.8, 4) is 0 Å². The minimum absolute atomic E-state index is 0.566. The summed E-state index contributed by atoms with van der Waals surface area (Å²) in [5.41, 5.74) is 9.24. The van der Waals surface area contributed by atoms with E-state index in [1.165, 1.54) is 23.8 Å². The smallest absolute Gasteiger partial charge is 0.0702 e. The largest absolute Gasteiger partial charge is 0.326 e. The Morgan fingerprint density at radius 2 is 2.13 bits per heavy atom. The van der Waals surface area contributed by atoms with Gasteiger partial charge in [0.15, 0.2) is 0 Å². The van der Waals surface area contributed by atoms with Gasteiger partial charge in [0.25, 0.3) is 0 Å². The Morgan fingerprint density at radius 1 is 1.27 bits per heavy atom. The van der Waals surface area contributed by atoms with E-state index in [0.29, 0.717) is 6.54 Å². The highest BCUT2D eigenvalue weighted by atomic mass is 14.7. The molecule has 2 heteroatoms. The number of hydrogen-bond donors (Lipinski definition) is 1. The molecule has 2 nitrogen and oxygen atoms in total. The molecule has 0 bridgehead atoms. The van der Waals surface area contributed by atoms with Crippen LogP contribution in [-0.4, -0.2) is 4.98 Å². The number of pyridine rings is 1. The molecule has 1 heterocycles. The first-order chi connectivity index (χ1) is 7.36. The van der Waals surface area contributed by atoms with Gasteiger partial charge < -0.3 is 5.73 Å². The molecule has 1 fully saturated rings. The molecule has 0 saturated heterocycles. The van der Waals surface area contributed by atoms with Gasteiger partial charge in [0.2, 0.25) is 0 Å². The fourth-order valence-electron chi connectivity index (χ4n) is 1.98. The number of nitrogens with zero attached hydrogens (tertiary/aromatic N) is 1. The predicted octanol–water partition coefficient (Wildman–Crippen LogP) is 2.57. The summed E-state index contributed by atoms with van der Waals surface area (Å²) in [6.07, 6.45) is 4.55. The lowest BCUT2D eigenvalue weighted by molar-refractivity contribution is 1.06. The second-order valence-corrected chi connectivity index (χ2v) is 4.27. The van der Waals surface area contributed by atoms with E-state index in [4.69, 9.17) is 5.73 Å². The second-order valence-electron chi connectivity index (χ2n) is 4.27. The average Bonchev–Trinajstić information content (AvgIpc) is 3.11. The maximum absolute atomic E-state index is 5.61. The number of nitrogens with two attached hydrogens (primary N) is 1. The highest BCUT2D eigenvalue weighted by Gasteiger charge is 2.23. The monoisotopic (exact) mass is 198 g/mol. The number of rotatable bonds is 2. The maximum Gasteiger partial charge on any atom is 0.0702 e. The van der Waals surface area contributed by atoms with Crippen LogP contribution in [0.5, 0.6) is 0 Å². The van der Waals surface area contributed by atoms with Crippen LogP contribution in [0.4, 0.5) is 0 Å². The molecular formula is C13H14N2. The van der Waals surface area contributed by atoms with Crippen LogP contribution in [0.1, 0.15) is 29.9 Å².